The standard InChI is InChI=1S/C27H30N2O5/c1-4-26(30)28-21-13-11-19(3)23(18-21)29-27(31)20-12-14-24(25(17-20)32-5-2)34-16-15-33-22-9-7-6-8-10-22/h6-14,17-18H,4-5,15-16H2,1-3H3,(H,28,30)(H,29,31). The van der Waals surface area contributed by atoms with E-state index in [9.17, 15) is 9.59 Å². The van der Waals surface area contributed by atoms with Crippen molar-refractivity contribution < 1.29 is 23.8 Å². The van der Waals surface area contributed by atoms with Gasteiger partial charge in [0.05, 0.1) is 6.61 Å². The summed E-state index contributed by atoms with van der Waals surface area (Å²) in [7, 11) is 0. The van der Waals surface area contributed by atoms with Gasteiger partial charge in [0, 0.05) is 23.4 Å². The molecule has 0 bridgehead atoms. The van der Waals surface area contributed by atoms with Gasteiger partial charge in [0.2, 0.25) is 5.91 Å². The minimum absolute atomic E-state index is 0.0905. The highest BCUT2D eigenvalue weighted by atomic mass is 16.5. The predicted octanol–water partition coefficient (Wildman–Crippen LogP) is 5.45. The minimum Gasteiger partial charge on any atom is -0.490 e. The second-order valence-corrected chi connectivity index (χ2v) is 7.49. The number of carbonyl (C=O) groups is 2. The lowest BCUT2D eigenvalue weighted by atomic mass is 10.1. The number of benzene rings is 3. The highest BCUT2D eigenvalue weighted by Gasteiger charge is 2.14. The van der Waals surface area contributed by atoms with E-state index in [0.717, 1.165) is 11.3 Å². The molecule has 0 heterocycles. The Morgan fingerprint density at radius 3 is 2.29 bits per heavy atom. The van der Waals surface area contributed by atoms with Crippen LogP contribution in [0.4, 0.5) is 11.4 Å². The van der Waals surface area contributed by atoms with Crippen LogP contribution in [0.25, 0.3) is 0 Å². The average Bonchev–Trinajstić information content (AvgIpc) is 2.85. The van der Waals surface area contributed by atoms with Gasteiger partial charge in [-0.05, 0) is 61.9 Å². The molecule has 2 amide bonds. The fourth-order valence-corrected chi connectivity index (χ4v) is 3.14. The number of ether oxygens (including phenoxy) is 3. The van der Waals surface area contributed by atoms with Crippen LogP contribution in [0.5, 0.6) is 17.2 Å². The molecule has 0 unspecified atom stereocenters. The van der Waals surface area contributed by atoms with Crippen LogP contribution in [-0.2, 0) is 4.79 Å². The third kappa shape index (κ3) is 7.00. The first-order chi connectivity index (χ1) is 16.5. The summed E-state index contributed by atoms with van der Waals surface area (Å²) in [6.45, 7) is 6.68. The third-order valence-corrected chi connectivity index (χ3v) is 4.95. The molecule has 0 aliphatic rings. The number of aryl methyl sites for hydroxylation is 1. The monoisotopic (exact) mass is 462 g/mol. The number of carbonyl (C=O) groups excluding carboxylic acids is 2. The molecule has 0 aliphatic carbocycles. The average molecular weight is 463 g/mol. The van der Waals surface area contributed by atoms with E-state index in [0.29, 0.717) is 54.7 Å². The quantitative estimate of drug-likeness (QED) is 0.370. The molecule has 0 aliphatic heterocycles. The van der Waals surface area contributed by atoms with Crippen LogP contribution in [0.2, 0.25) is 0 Å². The van der Waals surface area contributed by atoms with Gasteiger partial charge in [0.15, 0.2) is 11.5 Å². The maximum atomic E-state index is 12.9. The summed E-state index contributed by atoms with van der Waals surface area (Å²) in [6, 6.07) is 20.0. The molecule has 3 rings (SSSR count). The van der Waals surface area contributed by atoms with Crippen molar-refractivity contribution in [2.24, 2.45) is 0 Å². The zero-order valence-electron chi connectivity index (χ0n) is 19.7. The topological polar surface area (TPSA) is 85.9 Å². The van der Waals surface area contributed by atoms with Gasteiger partial charge < -0.3 is 24.8 Å². The number of hydrogen-bond donors (Lipinski definition) is 2. The van der Waals surface area contributed by atoms with Crippen LogP contribution in [-0.4, -0.2) is 31.6 Å². The summed E-state index contributed by atoms with van der Waals surface area (Å²) in [5.74, 6) is 1.41. The lowest BCUT2D eigenvalue weighted by Crippen LogP contribution is -2.15. The summed E-state index contributed by atoms with van der Waals surface area (Å²) in [6.07, 6.45) is 0.378. The molecule has 7 heteroatoms. The molecule has 7 nitrogen and oxygen atoms in total. The molecule has 0 atom stereocenters. The molecule has 3 aromatic rings. The van der Waals surface area contributed by atoms with Crippen molar-refractivity contribution in [2.45, 2.75) is 27.2 Å². The van der Waals surface area contributed by atoms with E-state index in [1.165, 1.54) is 0 Å². The lowest BCUT2D eigenvalue weighted by molar-refractivity contribution is -0.115. The van der Waals surface area contributed by atoms with Gasteiger partial charge in [-0.25, -0.2) is 0 Å². The number of rotatable bonds is 11. The fourth-order valence-electron chi connectivity index (χ4n) is 3.14. The molecule has 178 valence electrons. The Labute approximate surface area is 200 Å². The largest absolute Gasteiger partial charge is 0.490 e. The molecule has 0 radical (unpaired) electrons. The zero-order chi connectivity index (χ0) is 24.3. The Morgan fingerprint density at radius 1 is 0.794 bits per heavy atom. The second-order valence-electron chi connectivity index (χ2n) is 7.49. The SMILES string of the molecule is CCOc1cc(C(=O)Nc2cc(NC(=O)CC)ccc2C)ccc1OCCOc1ccccc1. The number of anilines is 2. The Kier molecular flexibility index (Phi) is 8.91. The van der Waals surface area contributed by atoms with E-state index in [-0.39, 0.29) is 11.8 Å². The summed E-state index contributed by atoms with van der Waals surface area (Å²) in [5, 5.41) is 5.71. The Balaban J connectivity index is 1.66. The van der Waals surface area contributed by atoms with Crippen LogP contribution in [0, 0.1) is 6.92 Å². The molecule has 34 heavy (non-hydrogen) atoms. The van der Waals surface area contributed by atoms with Crippen molar-refractivity contribution in [3.05, 3.63) is 77.9 Å². The molecule has 0 fully saturated rings. The van der Waals surface area contributed by atoms with Crippen molar-refractivity contribution in [3.8, 4) is 17.2 Å². The normalized spacial score (nSPS) is 10.3. The van der Waals surface area contributed by atoms with Gasteiger partial charge in [0.1, 0.15) is 19.0 Å². The van der Waals surface area contributed by atoms with Gasteiger partial charge in [-0.15, -0.1) is 0 Å². The van der Waals surface area contributed by atoms with Crippen molar-refractivity contribution >= 4 is 23.2 Å². The fraction of sp³-hybridized carbons (Fsp3) is 0.259. The maximum absolute atomic E-state index is 12.9. The van der Waals surface area contributed by atoms with Crippen LogP contribution in [0.3, 0.4) is 0 Å². The molecule has 3 aromatic carbocycles. The van der Waals surface area contributed by atoms with Crippen molar-refractivity contribution in [3.63, 3.8) is 0 Å². The summed E-state index contributed by atoms with van der Waals surface area (Å²) in [5.41, 5.74) is 2.56. The number of nitrogens with one attached hydrogen (secondary N) is 2. The van der Waals surface area contributed by atoms with E-state index in [1.807, 2.05) is 50.2 Å². The number of para-hydroxylation sites is 1. The van der Waals surface area contributed by atoms with Crippen molar-refractivity contribution in [1.29, 1.82) is 0 Å². The molecule has 0 saturated carbocycles. The summed E-state index contributed by atoms with van der Waals surface area (Å²) < 4.78 is 17.2. The maximum Gasteiger partial charge on any atom is 0.255 e. The van der Waals surface area contributed by atoms with E-state index in [2.05, 4.69) is 10.6 Å². The highest BCUT2D eigenvalue weighted by Crippen LogP contribution is 2.29. The van der Waals surface area contributed by atoms with Gasteiger partial charge >= 0.3 is 0 Å². The lowest BCUT2D eigenvalue weighted by Gasteiger charge is -2.15. The molecule has 2 N–H and O–H groups in total. The summed E-state index contributed by atoms with van der Waals surface area (Å²) in [4.78, 5) is 24.6. The molecular weight excluding hydrogens is 432 g/mol. The number of amides is 2. The highest BCUT2D eigenvalue weighted by molar-refractivity contribution is 6.05. The van der Waals surface area contributed by atoms with E-state index >= 15 is 0 Å². The van der Waals surface area contributed by atoms with E-state index in [4.69, 9.17) is 14.2 Å². The van der Waals surface area contributed by atoms with E-state index < -0.39 is 0 Å². The first-order valence-electron chi connectivity index (χ1n) is 11.3. The first kappa shape index (κ1) is 24.6. The van der Waals surface area contributed by atoms with Gasteiger partial charge in [0.25, 0.3) is 5.91 Å². The number of hydrogen-bond acceptors (Lipinski definition) is 5. The van der Waals surface area contributed by atoms with Gasteiger partial charge in [-0.3, -0.25) is 9.59 Å². The van der Waals surface area contributed by atoms with Crippen LogP contribution < -0.4 is 24.8 Å². The van der Waals surface area contributed by atoms with Gasteiger partial charge in [-0.1, -0.05) is 31.2 Å². The minimum atomic E-state index is -0.290. The molecule has 0 aromatic heterocycles. The van der Waals surface area contributed by atoms with Gasteiger partial charge in [-0.2, -0.15) is 0 Å². The van der Waals surface area contributed by atoms with E-state index in [1.54, 1.807) is 37.3 Å². The second kappa shape index (κ2) is 12.3. The molecule has 0 spiro atoms. The van der Waals surface area contributed by atoms with Crippen molar-refractivity contribution in [2.75, 3.05) is 30.5 Å². The molecule has 0 saturated heterocycles. The third-order valence-electron chi connectivity index (χ3n) is 4.95. The summed E-state index contributed by atoms with van der Waals surface area (Å²) >= 11 is 0. The van der Waals surface area contributed by atoms with Crippen LogP contribution in [0.1, 0.15) is 36.2 Å². The molecular formula is C27H30N2O5. The Bertz CT molecular complexity index is 1120. The zero-order valence-corrected chi connectivity index (χ0v) is 19.7. The van der Waals surface area contributed by atoms with Crippen molar-refractivity contribution in [1.82, 2.24) is 0 Å². The Hall–Kier alpha value is -4.00. The Morgan fingerprint density at radius 2 is 1.56 bits per heavy atom. The first-order valence-corrected chi connectivity index (χ1v) is 11.3. The smallest absolute Gasteiger partial charge is 0.255 e. The predicted molar refractivity (Wildman–Crippen MR) is 133 cm³/mol. The van der Waals surface area contributed by atoms with Crippen LogP contribution in [0.15, 0.2) is 66.7 Å². The van der Waals surface area contributed by atoms with Crippen LogP contribution >= 0.6 is 0 Å².